The number of hydrogen-bond acceptors (Lipinski definition) is 3. The first-order valence-corrected chi connectivity index (χ1v) is 6.36. The quantitative estimate of drug-likeness (QED) is 0.834. The summed E-state index contributed by atoms with van der Waals surface area (Å²) in [5.41, 5.74) is 0.671. The second-order valence-electron chi connectivity index (χ2n) is 3.57. The predicted molar refractivity (Wildman–Crippen MR) is 58.3 cm³/mol. The lowest BCUT2D eigenvalue weighted by atomic mass is 10.3. The van der Waals surface area contributed by atoms with E-state index in [1.165, 1.54) is 6.26 Å². The molecule has 1 rings (SSSR count). The Morgan fingerprint density at radius 3 is 2.29 bits per heavy atom. The summed E-state index contributed by atoms with van der Waals surface area (Å²) in [6.45, 7) is 3.94. The molecule has 0 aromatic heterocycles. The van der Waals surface area contributed by atoms with Crippen molar-refractivity contribution in [3.8, 4) is 0 Å². The van der Waals surface area contributed by atoms with Gasteiger partial charge < -0.3 is 5.32 Å². The van der Waals surface area contributed by atoms with Gasteiger partial charge in [0.15, 0.2) is 9.84 Å². The lowest BCUT2D eigenvalue weighted by Gasteiger charge is -2.13. The van der Waals surface area contributed by atoms with Gasteiger partial charge in [-0.05, 0) is 26.0 Å². The van der Waals surface area contributed by atoms with Gasteiger partial charge in [0, 0.05) is 12.3 Å². The van der Waals surface area contributed by atoms with Crippen molar-refractivity contribution in [2.24, 2.45) is 0 Å². The minimum absolute atomic E-state index is 0.220. The molecular weight excluding hydrogens is 198 g/mol. The van der Waals surface area contributed by atoms with Gasteiger partial charge in [-0.15, -0.1) is 0 Å². The van der Waals surface area contributed by atoms with Gasteiger partial charge in [-0.1, -0.05) is 12.1 Å². The van der Waals surface area contributed by atoms with E-state index < -0.39 is 9.84 Å². The molecule has 0 atom stereocenters. The number of rotatable bonds is 3. The first-order chi connectivity index (χ1) is 6.41. The van der Waals surface area contributed by atoms with Gasteiger partial charge in [-0.2, -0.15) is 0 Å². The van der Waals surface area contributed by atoms with E-state index in [2.05, 4.69) is 5.32 Å². The highest BCUT2D eigenvalue weighted by Crippen LogP contribution is 2.20. The third kappa shape index (κ3) is 2.73. The van der Waals surface area contributed by atoms with Crippen molar-refractivity contribution in [1.29, 1.82) is 0 Å². The summed E-state index contributed by atoms with van der Waals surface area (Å²) >= 11 is 0. The minimum atomic E-state index is -3.14. The Kier molecular flexibility index (Phi) is 3.16. The summed E-state index contributed by atoms with van der Waals surface area (Å²) in [6.07, 6.45) is 1.22. The van der Waals surface area contributed by atoms with E-state index in [1.54, 1.807) is 18.2 Å². The Labute approximate surface area is 85.1 Å². The molecule has 0 radical (unpaired) electrons. The van der Waals surface area contributed by atoms with Crippen molar-refractivity contribution in [3.63, 3.8) is 0 Å². The molecule has 0 spiro atoms. The molecule has 0 unspecified atom stereocenters. The second kappa shape index (κ2) is 4.00. The van der Waals surface area contributed by atoms with E-state index in [-0.39, 0.29) is 6.04 Å². The molecule has 0 saturated carbocycles. The number of nitrogens with one attached hydrogen (secondary N) is 1. The predicted octanol–water partition coefficient (Wildman–Crippen LogP) is 1.91. The van der Waals surface area contributed by atoms with E-state index in [4.69, 9.17) is 0 Å². The van der Waals surface area contributed by atoms with Crippen molar-refractivity contribution in [2.75, 3.05) is 11.6 Å². The number of anilines is 1. The number of para-hydroxylation sites is 1. The van der Waals surface area contributed by atoms with E-state index >= 15 is 0 Å². The monoisotopic (exact) mass is 213 g/mol. The van der Waals surface area contributed by atoms with Crippen molar-refractivity contribution in [1.82, 2.24) is 0 Å². The summed E-state index contributed by atoms with van der Waals surface area (Å²) in [5, 5.41) is 3.10. The van der Waals surface area contributed by atoms with Gasteiger partial charge >= 0.3 is 0 Å². The smallest absolute Gasteiger partial charge is 0.177 e. The van der Waals surface area contributed by atoms with Crippen LogP contribution in [0.3, 0.4) is 0 Å². The zero-order valence-corrected chi connectivity index (χ0v) is 9.43. The summed E-state index contributed by atoms with van der Waals surface area (Å²) in [7, 11) is -3.14. The largest absolute Gasteiger partial charge is 0.382 e. The Balaban J connectivity index is 3.17. The third-order valence-corrected chi connectivity index (χ3v) is 2.89. The zero-order chi connectivity index (χ0) is 10.8. The van der Waals surface area contributed by atoms with Crippen LogP contribution < -0.4 is 5.32 Å². The third-order valence-electron chi connectivity index (χ3n) is 1.73. The summed E-state index contributed by atoms with van der Waals surface area (Å²) in [4.78, 5) is 0.355. The molecule has 0 bridgehead atoms. The van der Waals surface area contributed by atoms with Crippen LogP contribution in [-0.2, 0) is 9.84 Å². The Hall–Kier alpha value is -1.03. The van der Waals surface area contributed by atoms with Gasteiger partial charge in [-0.3, -0.25) is 0 Å². The van der Waals surface area contributed by atoms with Crippen LogP contribution in [0.5, 0.6) is 0 Å². The van der Waals surface area contributed by atoms with Crippen molar-refractivity contribution in [2.45, 2.75) is 24.8 Å². The second-order valence-corrected chi connectivity index (χ2v) is 5.55. The Morgan fingerprint density at radius 2 is 1.79 bits per heavy atom. The molecule has 0 heterocycles. The summed E-state index contributed by atoms with van der Waals surface area (Å²) < 4.78 is 22.8. The van der Waals surface area contributed by atoms with E-state index in [0.29, 0.717) is 10.6 Å². The van der Waals surface area contributed by atoms with Gasteiger partial charge in [0.05, 0.1) is 10.6 Å². The lowest BCUT2D eigenvalue weighted by molar-refractivity contribution is 0.602. The van der Waals surface area contributed by atoms with Crippen LogP contribution in [-0.4, -0.2) is 20.7 Å². The van der Waals surface area contributed by atoms with Gasteiger partial charge in [0.25, 0.3) is 0 Å². The van der Waals surface area contributed by atoms with E-state index in [1.807, 2.05) is 19.9 Å². The van der Waals surface area contributed by atoms with Crippen LogP contribution in [0.25, 0.3) is 0 Å². The molecule has 0 fully saturated rings. The zero-order valence-electron chi connectivity index (χ0n) is 8.61. The highest BCUT2D eigenvalue weighted by atomic mass is 32.2. The normalized spacial score (nSPS) is 11.7. The topological polar surface area (TPSA) is 46.2 Å². The van der Waals surface area contributed by atoms with Crippen LogP contribution in [0.2, 0.25) is 0 Å². The van der Waals surface area contributed by atoms with Crippen LogP contribution in [0, 0.1) is 0 Å². The fourth-order valence-corrected chi connectivity index (χ4v) is 2.07. The van der Waals surface area contributed by atoms with Crippen LogP contribution in [0.15, 0.2) is 29.2 Å². The molecule has 14 heavy (non-hydrogen) atoms. The maximum Gasteiger partial charge on any atom is 0.177 e. The molecule has 4 heteroatoms. The van der Waals surface area contributed by atoms with Crippen LogP contribution in [0.4, 0.5) is 5.69 Å². The molecule has 1 aromatic carbocycles. The molecular formula is C10H15NO2S. The molecule has 0 aliphatic carbocycles. The van der Waals surface area contributed by atoms with Gasteiger partial charge in [-0.25, -0.2) is 8.42 Å². The van der Waals surface area contributed by atoms with Crippen molar-refractivity contribution < 1.29 is 8.42 Å². The molecule has 0 amide bonds. The van der Waals surface area contributed by atoms with Gasteiger partial charge in [0.1, 0.15) is 0 Å². The number of sulfone groups is 1. The van der Waals surface area contributed by atoms with Crippen molar-refractivity contribution in [3.05, 3.63) is 24.3 Å². The molecule has 3 nitrogen and oxygen atoms in total. The van der Waals surface area contributed by atoms with E-state index in [9.17, 15) is 8.42 Å². The highest BCUT2D eigenvalue weighted by Gasteiger charge is 2.12. The Bertz CT molecular complexity index is 410. The SMILES string of the molecule is CC(C)Nc1ccccc1S(C)(=O)=O. The van der Waals surface area contributed by atoms with Crippen LogP contribution in [0.1, 0.15) is 13.8 Å². The highest BCUT2D eigenvalue weighted by molar-refractivity contribution is 7.90. The molecule has 0 aliphatic rings. The summed E-state index contributed by atoms with van der Waals surface area (Å²) in [6, 6.07) is 7.15. The molecule has 1 N–H and O–H groups in total. The molecule has 78 valence electrons. The maximum atomic E-state index is 11.4. The molecule has 1 aromatic rings. The average molecular weight is 213 g/mol. The fraction of sp³-hybridized carbons (Fsp3) is 0.400. The number of hydrogen-bond donors (Lipinski definition) is 1. The fourth-order valence-electron chi connectivity index (χ4n) is 1.22. The van der Waals surface area contributed by atoms with Crippen molar-refractivity contribution >= 4 is 15.5 Å². The van der Waals surface area contributed by atoms with Gasteiger partial charge in [0.2, 0.25) is 0 Å². The minimum Gasteiger partial charge on any atom is -0.382 e. The molecule has 0 saturated heterocycles. The maximum absolute atomic E-state index is 11.4. The average Bonchev–Trinajstić information content (AvgIpc) is 2.01. The van der Waals surface area contributed by atoms with E-state index in [0.717, 1.165) is 0 Å². The standard InChI is InChI=1S/C10H15NO2S/c1-8(2)11-9-6-4-5-7-10(9)14(3,12)13/h4-8,11H,1-3H3. The molecule has 0 aliphatic heterocycles. The first kappa shape index (κ1) is 11.0. The first-order valence-electron chi connectivity index (χ1n) is 4.47. The number of benzene rings is 1. The van der Waals surface area contributed by atoms with Crippen LogP contribution >= 0.6 is 0 Å². The lowest BCUT2D eigenvalue weighted by Crippen LogP contribution is -2.12. The Morgan fingerprint density at radius 1 is 1.21 bits per heavy atom. The summed E-state index contributed by atoms with van der Waals surface area (Å²) in [5.74, 6) is 0.